The molecule has 1 heterocycles. The van der Waals surface area contributed by atoms with Gasteiger partial charge in [0.05, 0.1) is 13.3 Å². The van der Waals surface area contributed by atoms with Gasteiger partial charge in [-0.3, -0.25) is 4.68 Å². The fourth-order valence-electron chi connectivity index (χ4n) is 1.79. The topological polar surface area (TPSA) is 53.1 Å². The Balaban J connectivity index is 2.64. The molecule has 0 atom stereocenters. The molecule has 0 saturated heterocycles. The Bertz CT molecular complexity index is 517. The first-order valence-corrected chi connectivity index (χ1v) is 5.06. The van der Waals surface area contributed by atoms with Crippen molar-refractivity contribution in [1.82, 2.24) is 9.78 Å². The fraction of sp³-hybridized carbons (Fsp3) is 0.250. The molecule has 4 heteroatoms. The van der Waals surface area contributed by atoms with E-state index < -0.39 is 0 Å². The number of hydrogen-bond acceptors (Lipinski definition) is 3. The Labute approximate surface area is 94.6 Å². The van der Waals surface area contributed by atoms with Crippen LogP contribution >= 0.6 is 0 Å². The molecule has 0 aliphatic rings. The van der Waals surface area contributed by atoms with Gasteiger partial charge in [0.2, 0.25) is 0 Å². The molecule has 1 aromatic heterocycles. The molecule has 0 spiro atoms. The maximum atomic E-state index is 5.95. The van der Waals surface area contributed by atoms with Gasteiger partial charge in [0.15, 0.2) is 0 Å². The van der Waals surface area contributed by atoms with Crippen molar-refractivity contribution in [2.75, 3.05) is 12.8 Å². The number of aryl methyl sites for hydroxylation is 2. The number of aromatic nitrogens is 2. The van der Waals surface area contributed by atoms with Crippen molar-refractivity contribution in [2.45, 2.75) is 6.92 Å². The highest BCUT2D eigenvalue weighted by Crippen LogP contribution is 2.35. The van der Waals surface area contributed by atoms with E-state index in [4.69, 9.17) is 10.5 Å². The van der Waals surface area contributed by atoms with Gasteiger partial charge < -0.3 is 10.5 Å². The van der Waals surface area contributed by atoms with E-state index in [1.54, 1.807) is 18.0 Å². The summed E-state index contributed by atoms with van der Waals surface area (Å²) in [7, 11) is 3.49. The number of methoxy groups -OCH3 is 1. The Morgan fingerprint density at radius 2 is 2.06 bits per heavy atom. The predicted octanol–water partition coefficient (Wildman–Crippen LogP) is 1.99. The van der Waals surface area contributed by atoms with Crippen molar-refractivity contribution in [2.24, 2.45) is 7.05 Å². The van der Waals surface area contributed by atoms with Crippen LogP contribution in [0.5, 0.6) is 5.75 Å². The van der Waals surface area contributed by atoms with Gasteiger partial charge in [0, 0.05) is 18.2 Å². The summed E-state index contributed by atoms with van der Waals surface area (Å²) in [5.74, 6) is 1.49. The normalized spacial score (nSPS) is 10.4. The first-order chi connectivity index (χ1) is 7.65. The van der Waals surface area contributed by atoms with Gasteiger partial charge in [0.1, 0.15) is 11.6 Å². The van der Waals surface area contributed by atoms with Gasteiger partial charge in [-0.1, -0.05) is 18.2 Å². The number of hydrogen-bond donors (Lipinski definition) is 1. The quantitative estimate of drug-likeness (QED) is 0.836. The van der Waals surface area contributed by atoms with Crippen molar-refractivity contribution in [3.63, 3.8) is 0 Å². The molecule has 0 aliphatic carbocycles. The molecule has 1 aromatic carbocycles. The zero-order valence-corrected chi connectivity index (χ0v) is 9.69. The first kappa shape index (κ1) is 10.5. The van der Waals surface area contributed by atoms with E-state index in [1.165, 1.54) is 0 Å². The van der Waals surface area contributed by atoms with Crippen LogP contribution in [0, 0.1) is 6.92 Å². The predicted molar refractivity (Wildman–Crippen MR) is 64.3 cm³/mol. The lowest BCUT2D eigenvalue weighted by atomic mass is 10.0. The van der Waals surface area contributed by atoms with Gasteiger partial charge in [-0.2, -0.15) is 5.10 Å². The third kappa shape index (κ3) is 1.52. The molecule has 2 rings (SSSR count). The van der Waals surface area contributed by atoms with Gasteiger partial charge in [-0.15, -0.1) is 0 Å². The van der Waals surface area contributed by atoms with E-state index in [9.17, 15) is 0 Å². The molecule has 4 nitrogen and oxygen atoms in total. The van der Waals surface area contributed by atoms with Crippen molar-refractivity contribution in [3.05, 3.63) is 30.0 Å². The average molecular weight is 217 g/mol. The molecule has 2 aromatic rings. The number of nitrogens with two attached hydrogens (primary N) is 1. The molecular weight excluding hydrogens is 202 g/mol. The number of rotatable bonds is 2. The lowest BCUT2D eigenvalue weighted by Gasteiger charge is -2.10. The van der Waals surface area contributed by atoms with Crippen LogP contribution in [0.25, 0.3) is 11.1 Å². The molecule has 2 N–H and O–H groups in total. The summed E-state index contributed by atoms with van der Waals surface area (Å²) in [6.45, 7) is 2.01. The second kappa shape index (κ2) is 3.89. The molecule has 84 valence electrons. The number of benzene rings is 1. The second-order valence-electron chi connectivity index (χ2n) is 3.72. The van der Waals surface area contributed by atoms with Crippen LogP contribution in [0.1, 0.15) is 5.56 Å². The molecule has 0 bridgehead atoms. The van der Waals surface area contributed by atoms with E-state index in [0.717, 1.165) is 22.4 Å². The summed E-state index contributed by atoms with van der Waals surface area (Å²) in [4.78, 5) is 0. The first-order valence-electron chi connectivity index (χ1n) is 5.06. The number of ether oxygens (including phenoxy) is 1. The Morgan fingerprint density at radius 1 is 1.31 bits per heavy atom. The molecule has 0 saturated carbocycles. The second-order valence-corrected chi connectivity index (χ2v) is 3.72. The molecule has 0 unspecified atom stereocenters. The Morgan fingerprint density at radius 3 is 2.62 bits per heavy atom. The minimum absolute atomic E-state index is 0.643. The van der Waals surface area contributed by atoms with E-state index in [1.807, 2.05) is 32.2 Å². The highest BCUT2D eigenvalue weighted by molar-refractivity contribution is 5.79. The summed E-state index contributed by atoms with van der Waals surface area (Å²) in [5, 5.41) is 4.13. The van der Waals surface area contributed by atoms with Crippen LogP contribution in [-0.4, -0.2) is 16.9 Å². The van der Waals surface area contributed by atoms with Crippen molar-refractivity contribution in [1.29, 1.82) is 0 Å². The minimum atomic E-state index is 0.643. The molecule has 0 aliphatic heterocycles. The van der Waals surface area contributed by atoms with E-state index in [0.29, 0.717) is 5.82 Å². The van der Waals surface area contributed by atoms with E-state index in [2.05, 4.69) is 5.10 Å². The van der Waals surface area contributed by atoms with E-state index >= 15 is 0 Å². The number of nitrogens with zero attached hydrogens (tertiary/aromatic N) is 2. The Kier molecular flexibility index (Phi) is 2.56. The molecule has 16 heavy (non-hydrogen) atoms. The summed E-state index contributed by atoms with van der Waals surface area (Å²) < 4.78 is 7.05. The number of para-hydroxylation sites is 1. The standard InChI is InChI=1S/C12H15N3O/c1-8-5-4-6-9(11(8)16-3)10-7-14-15(2)12(10)13/h4-7H,13H2,1-3H3. The van der Waals surface area contributed by atoms with Crippen LogP contribution in [0.3, 0.4) is 0 Å². The van der Waals surface area contributed by atoms with Crippen LogP contribution < -0.4 is 10.5 Å². The number of anilines is 1. The number of nitrogen functional groups attached to an aromatic ring is 1. The van der Waals surface area contributed by atoms with Crippen molar-refractivity contribution in [3.8, 4) is 16.9 Å². The van der Waals surface area contributed by atoms with E-state index in [-0.39, 0.29) is 0 Å². The summed E-state index contributed by atoms with van der Waals surface area (Å²) in [6.07, 6.45) is 1.76. The van der Waals surface area contributed by atoms with Crippen LogP contribution in [0.4, 0.5) is 5.82 Å². The fourth-order valence-corrected chi connectivity index (χ4v) is 1.79. The van der Waals surface area contributed by atoms with Crippen LogP contribution in [0.15, 0.2) is 24.4 Å². The van der Waals surface area contributed by atoms with Gasteiger partial charge >= 0.3 is 0 Å². The smallest absolute Gasteiger partial charge is 0.129 e. The largest absolute Gasteiger partial charge is 0.496 e. The maximum absolute atomic E-state index is 5.95. The summed E-state index contributed by atoms with van der Waals surface area (Å²) >= 11 is 0. The lowest BCUT2D eigenvalue weighted by molar-refractivity contribution is 0.413. The highest BCUT2D eigenvalue weighted by Gasteiger charge is 2.13. The van der Waals surface area contributed by atoms with Crippen molar-refractivity contribution < 1.29 is 4.74 Å². The average Bonchev–Trinajstić information content (AvgIpc) is 2.59. The Hall–Kier alpha value is -1.97. The maximum Gasteiger partial charge on any atom is 0.129 e. The monoisotopic (exact) mass is 217 g/mol. The van der Waals surface area contributed by atoms with Crippen LogP contribution in [-0.2, 0) is 7.05 Å². The summed E-state index contributed by atoms with van der Waals surface area (Å²) in [6, 6.07) is 5.98. The minimum Gasteiger partial charge on any atom is -0.496 e. The molecule has 0 fully saturated rings. The zero-order valence-electron chi connectivity index (χ0n) is 9.69. The van der Waals surface area contributed by atoms with Crippen LogP contribution in [0.2, 0.25) is 0 Å². The molecule has 0 radical (unpaired) electrons. The SMILES string of the molecule is COc1c(C)cccc1-c1cnn(C)c1N. The molecular formula is C12H15N3O. The van der Waals surface area contributed by atoms with Gasteiger partial charge in [-0.25, -0.2) is 0 Å². The van der Waals surface area contributed by atoms with Gasteiger partial charge in [0.25, 0.3) is 0 Å². The zero-order chi connectivity index (χ0) is 11.7. The highest BCUT2D eigenvalue weighted by atomic mass is 16.5. The summed E-state index contributed by atoms with van der Waals surface area (Å²) in [5.41, 5.74) is 8.92. The molecule has 0 amide bonds. The third-order valence-corrected chi connectivity index (χ3v) is 2.69. The lowest BCUT2D eigenvalue weighted by Crippen LogP contribution is -1.99. The van der Waals surface area contributed by atoms with Gasteiger partial charge in [-0.05, 0) is 12.5 Å². The third-order valence-electron chi connectivity index (χ3n) is 2.69. The van der Waals surface area contributed by atoms with Crippen molar-refractivity contribution >= 4 is 5.82 Å².